The maximum absolute atomic E-state index is 15.4. The highest BCUT2D eigenvalue weighted by molar-refractivity contribution is 5.94. The second-order valence-corrected chi connectivity index (χ2v) is 7.08. The van der Waals surface area contributed by atoms with Gasteiger partial charge < -0.3 is 25.0 Å². The van der Waals surface area contributed by atoms with E-state index in [2.05, 4.69) is 0 Å². The molecule has 3 N–H and O–H groups in total. The number of carbonyl (C=O) groups is 1. The van der Waals surface area contributed by atoms with Gasteiger partial charge in [0.25, 0.3) is 0 Å². The second-order valence-electron chi connectivity index (χ2n) is 7.08. The zero-order valence-electron chi connectivity index (χ0n) is 15.0. The van der Waals surface area contributed by atoms with Crippen LogP contribution >= 0.6 is 12.4 Å². The van der Waals surface area contributed by atoms with E-state index < -0.39 is 34.6 Å². The van der Waals surface area contributed by atoms with Crippen LogP contribution in [0, 0.1) is 11.6 Å². The molecule has 1 aliphatic heterocycles. The van der Waals surface area contributed by atoms with Gasteiger partial charge in [0.2, 0.25) is 5.43 Å². The van der Waals surface area contributed by atoms with Gasteiger partial charge in [0, 0.05) is 32.4 Å². The number of hydrogen-bond donors (Lipinski definition) is 2. The molecule has 28 heavy (non-hydrogen) atoms. The van der Waals surface area contributed by atoms with E-state index >= 15 is 4.39 Å². The van der Waals surface area contributed by atoms with E-state index in [4.69, 9.17) is 10.5 Å². The van der Waals surface area contributed by atoms with Crippen LogP contribution < -0.4 is 16.1 Å². The predicted molar refractivity (Wildman–Crippen MR) is 102 cm³/mol. The van der Waals surface area contributed by atoms with Crippen molar-refractivity contribution < 1.29 is 23.4 Å². The molecule has 1 saturated carbocycles. The van der Waals surface area contributed by atoms with E-state index in [1.165, 1.54) is 16.6 Å². The molecule has 0 radical (unpaired) electrons. The van der Waals surface area contributed by atoms with Crippen molar-refractivity contribution >= 4 is 35.0 Å². The van der Waals surface area contributed by atoms with Gasteiger partial charge in [0.1, 0.15) is 17.1 Å². The lowest BCUT2D eigenvalue weighted by molar-refractivity contribution is 0.0694. The van der Waals surface area contributed by atoms with Crippen LogP contribution in [0.5, 0.6) is 0 Å². The zero-order chi connectivity index (χ0) is 19.5. The number of nitrogens with zero attached hydrogens (tertiary/aromatic N) is 2. The fourth-order valence-corrected chi connectivity index (χ4v) is 3.75. The second kappa shape index (κ2) is 7.31. The molecule has 1 aromatic heterocycles. The van der Waals surface area contributed by atoms with E-state index in [1.54, 1.807) is 0 Å². The number of rotatable bonds is 4. The molecule has 0 amide bonds. The number of ether oxygens (including phenoxy) is 1. The van der Waals surface area contributed by atoms with E-state index in [9.17, 15) is 19.1 Å². The van der Waals surface area contributed by atoms with E-state index in [0.717, 1.165) is 25.1 Å². The maximum atomic E-state index is 15.4. The Bertz CT molecular complexity index is 1010. The standard InChI is InChI=1S/C18H19F2N3O4.ClH/c1-27-13-7-22(6-12(13)21)16-11(19)4-9-15(14(16)20)23(8-2-3-8)5-10(17(9)24)18(25)26;/h4-5,8,12-13H,2-3,6-7,21H2,1H3,(H,25,26);1H/t12-,13-;/m0./s1. The molecular formula is C18H20ClF2N3O4. The third-order valence-electron chi connectivity index (χ3n) is 5.28. The van der Waals surface area contributed by atoms with E-state index in [0.29, 0.717) is 0 Å². The molecule has 0 spiro atoms. The Morgan fingerprint density at radius 2 is 2.00 bits per heavy atom. The number of anilines is 1. The Morgan fingerprint density at radius 1 is 1.32 bits per heavy atom. The van der Waals surface area contributed by atoms with Crippen LogP contribution in [0.4, 0.5) is 14.5 Å². The molecule has 10 heteroatoms. The summed E-state index contributed by atoms with van der Waals surface area (Å²) in [7, 11) is 1.49. The highest BCUT2D eigenvalue weighted by Gasteiger charge is 2.35. The number of carboxylic acids is 1. The summed E-state index contributed by atoms with van der Waals surface area (Å²) < 4.78 is 36.9. The van der Waals surface area contributed by atoms with Crippen LogP contribution in [0.1, 0.15) is 29.2 Å². The fourth-order valence-electron chi connectivity index (χ4n) is 3.75. The molecular weight excluding hydrogens is 396 g/mol. The van der Waals surface area contributed by atoms with Crippen molar-refractivity contribution in [2.75, 3.05) is 25.1 Å². The molecule has 2 heterocycles. The number of carboxylic acid groups (broad SMARTS) is 1. The Balaban J connectivity index is 0.00000225. The number of methoxy groups -OCH3 is 1. The summed E-state index contributed by atoms with van der Waals surface area (Å²) in [5.41, 5.74) is 4.23. The van der Waals surface area contributed by atoms with Gasteiger partial charge in [-0.1, -0.05) is 0 Å². The molecule has 4 rings (SSSR count). The van der Waals surface area contributed by atoms with Crippen molar-refractivity contribution in [3.05, 3.63) is 39.7 Å². The molecule has 7 nitrogen and oxygen atoms in total. The fraction of sp³-hybridized carbons (Fsp3) is 0.444. The number of fused-ring (bicyclic) bond motifs is 1. The minimum absolute atomic E-state index is 0. The topological polar surface area (TPSA) is 97.8 Å². The molecule has 0 bridgehead atoms. The van der Waals surface area contributed by atoms with Gasteiger partial charge >= 0.3 is 5.97 Å². The first-order valence-corrected chi connectivity index (χ1v) is 8.67. The lowest BCUT2D eigenvalue weighted by Crippen LogP contribution is -2.34. The van der Waals surface area contributed by atoms with E-state index in [-0.39, 0.29) is 54.2 Å². The summed E-state index contributed by atoms with van der Waals surface area (Å²) in [6.45, 7) is 0.427. The third kappa shape index (κ3) is 3.13. The number of aromatic carboxylic acids is 1. The summed E-state index contributed by atoms with van der Waals surface area (Å²) in [5, 5.41) is 9.00. The van der Waals surface area contributed by atoms with Gasteiger partial charge in [-0.25, -0.2) is 13.6 Å². The first-order valence-electron chi connectivity index (χ1n) is 8.67. The lowest BCUT2D eigenvalue weighted by Gasteiger charge is -2.22. The Morgan fingerprint density at radius 3 is 2.54 bits per heavy atom. The van der Waals surface area contributed by atoms with Gasteiger partial charge in [-0.15, -0.1) is 12.4 Å². The van der Waals surface area contributed by atoms with Gasteiger partial charge in [-0.05, 0) is 18.9 Å². The minimum Gasteiger partial charge on any atom is -0.477 e. The van der Waals surface area contributed by atoms with Crippen LogP contribution in [-0.4, -0.2) is 48.0 Å². The number of nitrogens with two attached hydrogens (primary N) is 1. The molecule has 1 aromatic carbocycles. The normalized spacial score (nSPS) is 21.8. The van der Waals surface area contributed by atoms with Crippen molar-refractivity contribution in [2.45, 2.75) is 31.0 Å². The number of halogens is 3. The van der Waals surface area contributed by atoms with Gasteiger partial charge in [0.05, 0.1) is 23.0 Å². The Labute approximate surface area is 165 Å². The first kappa shape index (κ1) is 20.5. The molecule has 2 atom stereocenters. The van der Waals surface area contributed by atoms with Crippen LogP contribution in [0.15, 0.2) is 17.1 Å². The van der Waals surface area contributed by atoms with Crippen LogP contribution in [0.25, 0.3) is 10.9 Å². The smallest absolute Gasteiger partial charge is 0.341 e. The number of aromatic nitrogens is 1. The third-order valence-corrected chi connectivity index (χ3v) is 5.28. The highest BCUT2D eigenvalue weighted by atomic mass is 35.5. The largest absolute Gasteiger partial charge is 0.477 e. The predicted octanol–water partition coefficient (Wildman–Crippen LogP) is 1.90. The van der Waals surface area contributed by atoms with Crippen LogP contribution in [0.2, 0.25) is 0 Å². The summed E-state index contributed by atoms with van der Waals surface area (Å²) >= 11 is 0. The number of pyridine rings is 1. The minimum atomic E-state index is -1.42. The van der Waals surface area contributed by atoms with Crippen LogP contribution in [0.3, 0.4) is 0 Å². The van der Waals surface area contributed by atoms with E-state index in [1.807, 2.05) is 0 Å². The average Bonchev–Trinajstić information content (AvgIpc) is 3.38. The molecule has 1 aliphatic carbocycles. The Kier molecular flexibility index (Phi) is 5.35. The molecule has 0 unspecified atom stereocenters. The first-order chi connectivity index (χ1) is 12.8. The monoisotopic (exact) mass is 415 g/mol. The summed E-state index contributed by atoms with van der Waals surface area (Å²) in [5.74, 6) is -3.23. The summed E-state index contributed by atoms with van der Waals surface area (Å²) in [4.78, 5) is 25.3. The summed E-state index contributed by atoms with van der Waals surface area (Å²) in [6, 6.07) is 0.420. The van der Waals surface area contributed by atoms with Crippen molar-refractivity contribution in [2.24, 2.45) is 5.73 Å². The van der Waals surface area contributed by atoms with Gasteiger partial charge in [-0.2, -0.15) is 0 Å². The lowest BCUT2D eigenvalue weighted by atomic mass is 10.1. The van der Waals surface area contributed by atoms with Gasteiger partial charge in [-0.3, -0.25) is 4.79 Å². The summed E-state index contributed by atoms with van der Waals surface area (Å²) in [6.07, 6.45) is 2.27. The van der Waals surface area contributed by atoms with Crippen molar-refractivity contribution in [3.8, 4) is 0 Å². The highest BCUT2D eigenvalue weighted by Crippen LogP contribution is 2.40. The number of hydrogen-bond acceptors (Lipinski definition) is 5. The zero-order valence-corrected chi connectivity index (χ0v) is 15.8. The molecule has 2 fully saturated rings. The van der Waals surface area contributed by atoms with Gasteiger partial charge in [0.15, 0.2) is 5.82 Å². The molecule has 2 aliphatic rings. The number of benzene rings is 1. The average molecular weight is 416 g/mol. The van der Waals surface area contributed by atoms with Crippen molar-refractivity contribution in [1.29, 1.82) is 0 Å². The Hall–Kier alpha value is -2.23. The molecule has 1 saturated heterocycles. The molecule has 2 aromatic rings. The van der Waals surface area contributed by atoms with Crippen molar-refractivity contribution in [3.63, 3.8) is 0 Å². The SMILES string of the molecule is CO[C@H]1CN(c2c(F)cc3c(=O)c(C(=O)O)cn(C4CC4)c3c2F)C[C@@H]1N.Cl. The maximum Gasteiger partial charge on any atom is 0.341 e. The van der Waals surface area contributed by atoms with Crippen LogP contribution in [-0.2, 0) is 4.74 Å². The molecule has 152 valence electrons. The van der Waals surface area contributed by atoms with Crippen molar-refractivity contribution in [1.82, 2.24) is 4.57 Å². The quantitative estimate of drug-likeness (QED) is 0.791.